The van der Waals surface area contributed by atoms with Crippen molar-refractivity contribution in [2.45, 2.75) is 46.0 Å². The Morgan fingerprint density at radius 1 is 1.03 bits per heavy atom. The number of aryl methyl sites for hydroxylation is 3. The van der Waals surface area contributed by atoms with Gasteiger partial charge in [-0.3, -0.25) is 4.79 Å². The van der Waals surface area contributed by atoms with Gasteiger partial charge in [0.25, 0.3) is 11.6 Å². The molecular weight excluding hydrogens is 428 g/mol. The highest BCUT2D eigenvalue weighted by atomic mass is 19.4. The van der Waals surface area contributed by atoms with Crippen LogP contribution in [-0.4, -0.2) is 25.5 Å². The highest BCUT2D eigenvalue weighted by molar-refractivity contribution is 5.91. The van der Waals surface area contributed by atoms with E-state index in [1.54, 1.807) is 6.92 Å². The highest BCUT2D eigenvalue weighted by Gasteiger charge is 2.37. The van der Waals surface area contributed by atoms with Gasteiger partial charge in [0.2, 0.25) is 5.91 Å². The van der Waals surface area contributed by atoms with Crippen molar-refractivity contribution >= 4 is 17.4 Å². The molecule has 3 rings (SSSR count). The molecule has 0 radical (unpaired) electrons. The lowest BCUT2D eigenvalue weighted by Crippen LogP contribution is -2.15. The number of benzene rings is 1. The normalized spacial score (nSPS) is 12.4. The smallest absolute Gasteiger partial charge is 0.326 e. The van der Waals surface area contributed by atoms with E-state index in [0.717, 1.165) is 10.6 Å². The second-order valence-electron chi connectivity index (χ2n) is 6.98. The lowest BCUT2D eigenvalue weighted by atomic mass is 10.1. The molecule has 1 amide bonds. The fourth-order valence-corrected chi connectivity index (χ4v) is 3.16. The van der Waals surface area contributed by atoms with Gasteiger partial charge in [-0.2, -0.15) is 31.3 Å². The predicted octanol–water partition coefficient (Wildman–Crippen LogP) is 4.66. The number of hydrogen-bond donors (Lipinski definition) is 1. The van der Waals surface area contributed by atoms with Crippen molar-refractivity contribution in [2.24, 2.45) is 0 Å². The number of halogens is 6. The summed E-state index contributed by atoms with van der Waals surface area (Å²) in [6.07, 6.45) is -9.29. The summed E-state index contributed by atoms with van der Waals surface area (Å²) in [6.45, 7) is 4.41. The summed E-state index contributed by atoms with van der Waals surface area (Å²) in [4.78, 5) is 19.6. The molecule has 0 atom stereocenters. The zero-order valence-electron chi connectivity index (χ0n) is 16.6. The minimum atomic E-state index is -4.72. The molecule has 12 heteroatoms. The van der Waals surface area contributed by atoms with E-state index in [4.69, 9.17) is 0 Å². The van der Waals surface area contributed by atoms with Gasteiger partial charge in [0.05, 0.1) is 5.56 Å². The average molecular weight is 445 g/mol. The van der Waals surface area contributed by atoms with E-state index >= 15 is 0 Å². The minimum Gasteiger partial charge on any atom is -0.326 e. The zero-order valence-corrected chi connectivity index (χ0v) is 16.6. The number of hydrogen-bond acceptors (Lipinski definition) is 4. The van der Waals surface area contributed by atoms with Crippen molar-refractivity contribution in [1.82, 2.24) is 19.6 Å². The molecule has 0 saturated heterocycles. The summed E-state index contributed by atoms with van der Waals surface area (Å²) in [5.74, 6) is -2.09. The second kappa shape index (κ2) is 7.82. The Labute approximate surface area is 172 Å². The lowest BCUT2D eigenvalue weighted by Gasteiger charge is -2.13. The molecule has 0 aliphatic heterocycles. The quantitative estimate of drug-likeness (QED) is 0.593. The fourth-order valence-electron chi connectivity index (χ4n) is 3.16. The molecule has 6 nitrogen and oxygen atoms in total. The predicted molar refractivity (Wildman–Crippen MR) is 98.4 cm³/mol. The number of carbonyl (C=O) groups is 1. The number of rotatable bonds is 4. The second-order valence-corrected chi connectivity index (χ2v) is 6.98. The van der Waals surface area contributed by atoms with E-state index in [2.05, 4.69) is 20.4 Å². The van der Waals surface area contributed by atoms with Crippen molar-refractivity contribution in [1.29, 1.82) is 0 Å². The minimum absolute atomic E-state index is 0.00367. The summed E-state index contributed by atoms with van der Waals surface area (Å²) >= 11 is 0. The summed E-state index contributed by atoms with van der Waals surface area (Å²) in [5, 5.41) is 5.84. The molecule has 0 saturated carbocycles. The average Bonchev–Trinajstić information content (AvgIpc) is 3.07. The van der Waals surface area contributed by atoms with Crippen molar-refractivity contribution in [3.8, 4) is 0 Å². The molecule has 3 aromatic rings. The fraction of sp³-hybridized carbons (Fsp3) is 0.368. The van der Waals surface area contributed by atoms with Gasteiger partial charge < -0.3 is 5.32 Å². The standard InChI is InChI=1S/C19H17F6N5O/c1-9-4-5-12(8-14(9)18(20,21)22)27-15(31)7-6-13-10(2)26-17-28-16(19(23,24)25)29-30(17)11(13)3/h4-5,8H,6-7H2,1-3H3,(H,27,31). The monoisotopic (exact) mass is 445 g/mol. The van der Waals surface area contributed by atoms with E-state index in [-0.39, 0.29) is 29.9 Å². The Morgan fingerprint density at radius 3 is 2.32 bits per heavy atom. The molecule has 1 aromatic carbocycles. The van der Waals surface area contributed by atoms with Crippen LogP contribution in [0.4, 0.5) is 32.0 Å². The molecule has 0 aliphatic carbocycles. The molecule has 0 aliphatic rings. The van der Waals surface area contributed by atoms with E-state index in [9.17, 15) is 31.1 Å². The van der Waals surface area contributed by atoms with Crippen LogP contribution in [0.2, 0.25) is 0 Å². The van der Waals surface area contributed by atoms with Gasteiger partial charge in [0, 0.05) is 23.5 Å². The van der Waals surface area contributed by atoms with Crippen LogP contribution in [0.5, 0.6) is 0 Å². The Balaban J connectivity index is 1.77. The maximum Gasteiger partial charge on any atom is 0.453 e. The van der Waals surface area contributed by atoms with E-state index < -0.39 is 29.6 Å². The first kappa shape index (κ1) is 22.5. The number of fused-ring (bicyclic) bond motifs is 1. The first-order valence-corrected chi connectivity index (χ1v) is 9.05. The summed E-state index contributed by atoms with van der Waals surface area (Å²) < 4.78 is 78.6. The van der Waals surface area contributed by atoms with Crippen molar-refractivity contribution in [2.75, 3.05) is 5.32 Å². The maximum atomic E-state index is 13.0. The van der Waals surface area contributed by atoms with Crippen molar-refractivity contribution in [3.63, 3.8) is 0 Å². The number of anilines is 1. The number of carbonyl (C=O) groups excluding carboxylic acids is 1. The van der Waals surface area contributed by atoms with Crippen LogP contribution in [0.3, 0.4) is 0 Å². The van der Waals surface area contributed by atoms with Crippen LogP contribution < -0.4 is 5.32 Å². The molecule has 0 bridgehead atoms. The van der Waals surface area contributed by atoms with E-state index in [0.29, 0.717) is 17.0 Å². The molecular formula is C19H17F6N5O. The summed E-state index contributed by atoms with van der Waals surface area (Å²) in [6, 6.07) is 3.47. The van der Waals surface area contributed by atoms with Crippen LogP contribution in [0, 0.1) is 20.8 Å². The van der Waals surface area contributed by atoms with E-state index in [1.807, 2.05) is 0 Å². The first-order valence-electron chi connectivity index (χ1n) is 9.05. The van der Waals surface area contributed by atoms with Crippen LogP contribution >= 0.6 is 0 Å². The molecule has 0 unspecified atom stereocenters. The molecule has 0 spiro atoms. The highest BCUT2D eigenvalue weighted by Crippen LogP contribution is 2.33. The van der Waals surface area contributed by atoms with Gasteiger partial charge in [-0.05, 0) is 50.5 Å². The maximum absolute atomic E-state index is 13.0. The Kier molecular flexibility index (Phi) is 5.68. The third kappa shape index (κ3) is 4.78. The first-order chi connectivity index (χ1) is 14.3. The van der Waals surface area contributed by atoms with Crippen molar-refractivity contribution in [3.05, 3.63) is 52.1 Å². The Morgan fingerprint density at radius 2 is 1.71 bits per heavy atom. The summed E-state index contributed by atoms with van der Waals surface area (Å²) in [5.41, 5.74) is 0.402. The molecule has 31 heavy (non-hydrogen) atoms. The molecule has 2 aromatic heterocycles. The Hall–Kier alpha value is -3.18. The third-order valence-electron chi connectivity index (χ3n) is 4.73. The van der Waals surface area contributed by atoms with Gasteiger partial charge in [-0.15, -0.1) is 5.10 Å². The van der Waals surface area contributed by atoms with Crippen LogP contribution in [0.15, 0.2) is 18.2 Å². The number of amides is 1. The topological polar surface area (TPSA) is 72.2 Å². The number of nitrogens with zero attached hydrogens (tertiary/aromatic N) is 4. The Bertz CT molecular complexity index is 1150. The molecule has 2 heterocycles. The number of alkyl halides is 6. The largest absolute Gasteiger partial charge is 0.453 e. The van der Waals surface area contributed by atoms with Crippen molar-refractivity contribution < 1.29 is 31.1 Å². The van der Waals surface area contributed by atoms with Crippen LogP contribution in [0.1, 0.15) is 40.3 Å². The van der Waals surface area contributed by atoms with Gasteiger partial charge in [-0.25, -0.2) is 9.50 Å². The summed E-state index contributed by atoms with van der Waals surface area (Å²) in [7, 11) is 0. The molecule has 0 fully saturated rings. The third-order valence-corrected chi connectivity index (χ3v) is 4.73. The van der Waals surface area contributed by atoms with E-state index in [1.165, 1.54) is 26.0 Å². The van der Waals surface area contributed by atoms with Crippen LogP contribution in [-0.2, 0) is 23.6 Å². The number of aromatic nitrogens is 4. The SMILES string of the molecule is Cc1ccc(NC(=O)CCc2c(C)nc3nc(C(F)(F)F)nn3c2C)cc1C(F)(F)F. The molecule has 166 valence electrons. The van der Waals surface area contributed by atoms with Crippen LogP contribution in [0.25, 0.3) is 5.78 Å². The lowest BCUT2D eigenvalue weighted by molar-refractivity contribution is -0.144. The zero-order chi connectivity index (χ0) is 23.1. The molecule has 1 N–H and O–H groups in total. The van der Waals surface area contributed by atoms with Gasteiger partial charge in [0.1, 0.15) is 0 Å². The van der Waals surface area contributed by atoms with Gasteiger partial charge in [0.15, 0.2) is 0 Å². The van der Waals surface area contributed by atoms with Gasteiger partial charge in [-0.1, -0.05) is 6.07 Å². The van der Waals surface area contributed by atoms with Gasteiger partial charge >= 0.3 is 12.4 Å². The number of nitrogens with one attached hydrogen (secondary N) is 1.